The molecule has 6 rings (SSSR count). The van der Waals surface area contributed by atoms with Crippen LogP contribution in [0.2, 0.25) is 0 Å². The molecule has 6 aromatic rings. The van der Waals surface area contributed by atoms with Gasteiger partial charge in [0, 0.05) is 20.8 Å². The third-order valence-corrected chi connectivity index (χ3v) is 19.3. The molecule has 0 saturated heterocycles. The van der Waals surface area contributed by atoms with Gasteiger partial charge in [0.25, 0.3) is 0 Å². The summed E-state index contributed by atoms with van der Waals surface area (Å²) in [6.45, 7) is 6.90. The Morgan fingerprint density at radius 2 is 0.462 bits per heavy atom. The molecule has 0 amide bonds. The third-order valence-electron chi connectivity index (χ3n) is 8.88. The molecule has 0 aromatic heterocycles. The van der Waals surface area contributed by atoms with Gasteiger partial charge in [-0.2, -0.15) is 55.3 Å². The topological polar surface area (TPSA) is 243 Å². The summed E-state index contributed by atoms with van der Waals surface area (Å²) in [7, 11) is -19.9. The molecule has 12 nitrogen and oxygen atoms in total. The molecule has 422 valence electrons. The molecular weight excluding hydrogens is 1340 g/mol. The number of benzene rings is 6. The van der Waals surface area contributed by atoms with E-state index in [4.69, 9.17) is 54.7 Å². The predicted octanol–water partition coefficient (Wildman–Crippen LogP) is 10.1. The first-order chi connectivity index (χ1) is 35.7. The Balaban J connectivity index is 0. The Morgan fingerprint density at radius 1 is 0.359 bits per heavy atom. The van der Waals surface area contributed by atoms with Crippen LogP contribution < -0.4 is 31.8 Å². The largest absolute Gasteiger partial charge is 3.00 e. The minimum atomic E-state index is -6.09. The number of alkyl halides is 9. The van der Waals surface area contributed by atoms with E-state index in [1.165, 1.54) is 52.6 Å². The van der Waals surface area contributed by atoms with Gasteiger partial charge in [0.05, 0.1) is 18.2 Å². The average Bonchev–Trinajstić information content (AvgIpc) is 3.35. The van der Waals surface area contributed by atoms with E-state index in [1.54, 1.807) is 18.2 Å². The second-order valence-corrected chi connectivity index (χ2v) is 25.7. The smallest absolute Gasteiger partial charge is 0.741 e. The van der Waals surface area contributed by atoms with Crippen molar-refractivity contribution in [1.82, 2.24) is 0 Å². The van der Waals surface area contributed by atoms with E-state index in [0.29, 0.717) is 0 Å². The van der Waals surface area contributed by atoms with Crippen LogP contribution in [0.5, 0.6) is 0 Å². The molecule has 0 saturated carbocycles. The molecule has 0 N–H and O–H groups in total. The molecule has 28 heteroatoms. The normalized spacial score (nSPS) is 11.2. The van der Waals surface area contributed by atoms with Gasteiger partial charge in [0.1, 0.15) is 0 Å². The molecule has 0 radical (unpaired) electrons. The zero-order valence-corrected chi connectivity index (χ0v) is 48.8. The summed E-state index contributed by atoms with van der Waals surface area (Å²) in [5.41, 5.74) is -16.9. The Morgan fingerprint density at radius 3 is 0.551 bits per heavy atom. The Bertz CT molecular complexity index is 2640. The minimum absolute atomic E-state index is 0. The molecule has 0 spiro atoms. The molecule has 78 heavy (non-hydrogen) atoms. The quantitative estimate of drug-likeness (QED) is 0.0481. The SMILES string of the molecule is CC#N.CC#N.CC#N.CC(CP(c1ccccc1)c1ccccc1)(CP(c1ccccc1)c1ccccc1)CP(c1ccccc1)c1ccccc1.O=S(=O)([O-])C(F)(F)F.O=S(=O)([O-])C(F)(F)F.O=S(=O)([O-])C(F)(F)F.[Ir+3]. The van der Waals surface area contributed by atoms with Crippen molar-refractivity contribution in [2.45, 2.75) is 44.2 Å². The van der Waals surface area contributed by atoms with Crippen LogP contribution in [-0.2, 0) is 50.5 Å². The van der Waals surface area contributed by atoms with Crippen molar-refractivity contribution in [3.63, 3.8) is 0 Å². The van der Waals surface area contributed by atoms with Crippen molar-refractivity contribution in [1.29, 1.82) is 15.8 Å². The Kier molecular flexibility index (Phi) is 34.7. The van der Waals surface area contributed by atoms with Gasteiger partial charge in [-0.3, -0.25) is 0 Å². The Labute approximate surface area is 465 Å². The molecule has 0 aliphatic carbocycles. The van der Waals surface area contributed by atoms with E-state index in [1.807, 2.05) is 0 Å². The van der Waals surface area contributed by atoms with Crippen LogP contribution >= 0.6 is 23.8 Å². The maximum Gasteiger partial charge on any atom is 3.00 e. The Hall–Kier alpha value is -5.17. The monoisotopic (exact) mass is 1390 g/mol. The standard InChI is InChI=1S/C41H39P3.3C2H3N.3CHF3O3S.Ir/c1-41(32-42(35-20-8-2-9-21-35)36-22-10-3-11-23-36,33-43(37-24-12-4-13-25-37)38-26-14-5-15-27-38)34-44(39-28-16-6-17-29-39)40-30-18-7-19-31-40;3*1-2-3;3*2-1(3,4)8(5,6)7;/h2-31H,32-34H2,1H3;3*1H3;3*(H,5,6,7);/q;;;;;;;+3/p-3. The summed E-state index contributed by atoms with van der Waals surface area (Å²) in [4.78, 5) is 0. The van der Waals surface area contributed by atoms with Crippen molar-refractivity contribution in [3.05, 3.63) is 182 Å². The van der Waals surface area contributed by atoms with Crippen molar-refractivity contribution >= 4 is 85.9 Å². The number of hydrogen-bond donors (Lipinski definition) is 0. The molecule has 6 aromatic carbocycles. The first-order valence-electron chi connectivity index (χ1n) is 21.3. The van der Waals surface area contributed by atoms with Crippen LogP contribution in [0.15, 0.2) is 182 Å². The van der Waals surface area contributed by atoms with Gasteiger partial charge in [-0.15, -0.1) is 0 Å². The van der Waals surface area contributed by atoms with E-state index >= 15 is 0 Å². The molecule has 0 bridgehead atoms. The molecular formula is C50H48F9IrN3O9P3S3. The van der Waals surface area contributed by atoms with Gasteiger partial charge in [0.2, 0.25) is 0 Å². The van der Waals surface area contributed by atoms with E-state index < -0.39 is 70.6 Å². The summed E-state index contributed by atoms with van der Waals surface area (Å²) in [6, 6.07) is 73.0. The van der Waals surface area contributed by atoms with Crippen LogP contribution in [0, 0.1) is 39.4 Å². The zero-order valence-electron chi connectivity index (χ0n) is 41.3. The first kappa shape index (κ1) is 74.9. The van der Waals surface area contributed by atoms with E-state index in [2.05, 4.69) is 189 Å². The second kappa shape index (κ2) is 36.2. The maximum absolute atomic E-state index is 10.7. The third kappa shape index (κ3) is 29.2. The first-order valence-corrected chi connectivity index (χ1v) is 30.1. The summed E-state index contributed by atoms with van der Waals surface area (Å²) >= 11 is 0. The molecule has 0 aliphatic heterocycles. The molecule has 0 aliphatic rings. The number of nitrogens with zero attached hydrogens (tertiary/aromatic N) is 3. The molecule has 0 fully saturated rings. The van der Waals surface area contributed by atoms with Gasteiger partial charge in [-0.1, -0.05) is 189 Å². The van der Waals surface area contributed by atoms with Crippen LogP contribution in [-0.4, -0.2) is 73.9 Å². The van der Waals surface area contributed by atoms with E-state index in [9.17, 15) is 39.5 Å². The van der Waals surface area contributed by atoms with Crippen LogP contribution in [0.3, 0.4) is 0 Å². The van der Waals surface area contributed by atoms with Gasteiger partial charge in [-0.05, 0) is 79.5 Å². The maximum atomic E-state index is 10.7. The second-order valence-electron chi connectivity index (χ2n) is 15.0. The minimum Gasteiger partial charge on any atom is -0.741 e. The van der Waals surface area contributed by atoms with E-state index in [0.717, 1.165) is 18.5 Å². The number of nitriles is 3. The fourth-order valence-electron chi connectivity index (χ4n) is 5.94. The van der Waals surface area contributed by atoms with Crippen LogP contribution in [0.25, 0.3) is 0 Å². The van der Waals surface area contributed by atoms with Gasteiger partial charge < -0.3 is 13.7 Å². The molecule has 0 unspecified atom stereocenters. The number of rotatable bonds is 12. The summed E-state index contributed by atoms with van der Waals surface area (Å²) in [5.74, 6) is 0. The predicted molar refractivity (Wildman–Crippen MR) is 281 cm³/mol. The average molecular weight is 1390 g/mol. The van der Waals surface area contributed by atoms with Gasteiger partial charge in [-0.25, -0.2) is 25.3 Å². The van der Waals surface area contributed by atoms with Gasteiger partial charge >= 0.3 is 36.6 Å². The summed E-state index contributed by atoms with van der Waals surface area (Å²) < 4.78 is 177. The molecule has 0 heterocycles. The summed E-state index contributed by atoms with van der Waals surface area (Å²) in [6.07, 6.45) is 3.44. The van der Waals surface area contributed by atoms with Crippen LogP contribution in [0.1, 0.15) is 27.7 Å². The van der Waals surface area contributed by atoms with Crippen molar-refractivity contribution < 1.29 is 98.5 Å². The number of hydrogen-bond acceptors (Lipinski definition) is 12. The fraction of sp³-hybridized carbons (Fsp3) is 0.220. The van der Waals surface area contributed by atoms with E-state index in [-0.39, 0.29) is 25.5 Å². The zero-order chi connectivity index (χ0) is 59.2. The van der Waals surface area contributed by atoms with Crippen molar-refractivity contribution in [2.75, 3.05) is 18.5 Å². The van der Waals surface area contributed by atoms with Crippen molar-refractivity contribution in [3.8, 4) is 18.2 Å². The van der Waals surface area contributed by atoms with Crippen molar-refractivity contribution in [2.24, 2.45) is 5.41 Å². The number of halogens is 9. The summed E-state index contributed by atoms with van der Waals surface area (Å²) in [5, 5.41) is 30.7. The van der Waals surface area contributed by atoms with Gasteiger partial charge in [0.15, 0.2) is 30.4 Å². The fourth-order valence-corrected chi connectivity index (χ4v) is 14.6. The molecule has 0 atom stereocenters. The van der Waals surface area contributed by atoms with Crippen LogP contribution in [0.4, 0.5) is 39.5 Å².